The average molecular weight is 1140 g/mol. The molecule has 6 atom stereocenters. The fourth-order valence-corrected chi connectivity index (χ4v) is 10.2. The molecule has 0 aliphatic carbocycles. The molecule has 12 nitrogen and oxygen atoms in total. The average Bonchev–Trinajstić information content (AvgIpc) is 3.46. The van der Waals surface area contributed by atoms with E-state index < -0.39 is 67.3 Å². The van der Waals surface area contributed by atoms with Gasteiger partial charge >= 0.3 is 23.9 Å². The second kappa shape index (κ2) is 57.1. The molecule has 0 radical (unpaired) electrons. The molecule has 3 N–H and O–H groups in total. The number of hydrogen-bond donors (Lipinski definition) is 3. The van der Waals surface area contributed by atoms with Crippen LogP contribution in [0.2, 0.25) is 0 Å². The minimum atomic E-state index is -1.91. The number of carboxylic acids is 1. The van der Waals surface area contributed by atoms with Crippen LogP contribution in [0.3, 0.4) is 0 Å². The summed E-state index contributed by atoms with van der Waals surface area (Å²) in [6, 6.07) is 0. The first-order valence-corrected chi connectivity index (χ1v) is 33.6. The number of allylic oxidation sites excluding steroid dienone is 8. The lowest BCUT2D eigenvalue weighted by molar-refractivity contribution is -0.301. The lowest BCUT2D eigenvalue weighted by atomic mass is 9.98. The van der Waals surface area contributed by atoms with Gasteiger partial charge in [0.1, 0.15) is 18.8 Å². The molecule has 0 aromatic carbocycles. The number of aliphatic carboxylic acids is 1. The fourth-order valence-electron chi connectivity index (χ4n) is 10.2. The van der Waals surface area contributed by atoms with Crippen molar-refractivity contribution in [2.75, 3.05) is 13.2 Å². The molecule has 1 aliphatic rings. The van der Waals surface area contributed by atoms with Crippen LogP contribution < -0.4 is 0 Å². The van der Waals surface area contributed by atoms with Gasteiger partial charge < -0.3 is 39.0 Å². The Morgan fingerprint density at radius 2 is 0.741 bits per heavy atom. The molecule has 81 heavy (non-hydrogen) atoms. The summed E-state index contributed by atoms with van der Waals surface area (Å²) in [4.78, 5) is 51.3. The third-order valence-corrected chi connectivity index (χ3v) is 15.4. The smallest absolute Gasteiger partial charge is 0.335 e. The number of unbranched alkanes of at least 4 members (excludes halogenated alkanes) is 36. The summed E-state index contributed by atoms with van der Waals surface area (Å²) in [5, 5.41) is 31.6. The second-order valence-corrected chi connectivity index (χ2v) is 23.1. The van der Waals surface area contributed by atoms with Gasteiger partial charge in [0.05, 0.1) is 6.61 Å². The van der Waals surface area contributed by atoms with E-state index in [2.05, 4.69) is 69.4 Å². The quantitative estimate of drug-likeness (QED) is 0.0228. The summed E-state index contributed by atoms with van der Waals surface area (Å²) in [6.45, 7) is 5.98. The van der Waals surface area contributed by atoms with Crippen molar-refractivity contribution in [3.8, 4) is 0 Å². The normalized spacial score (nSPS) is 18.0. The van der Waals surface area contributed by atoms with Gasteiger partial charge in [0.25, 0.3) is 0 Å². The summed E-state index contributed by atoms with van der Waals surface area (Å²) >= 11 is 0. The summed E-state index contributed by atoms with van der Waals surface area (Å²) in [5.41, 5.74) is 0. The molecule has 0 spiro atoms. The summed E-state index contributed by atoms with van der Waals surface area (Å²) < 4.78 is 28.6. The maximum absolute atomic E-state index is 13.2. The van der Waals surface area contributed by atoms with Gasteiger partial charge in [-0.15, -0.1) is 0 Å². The van der Waals surface area contributed by atoms with Crippen molar-refractivity contribution in [3.63, 3.8) is 0 Å². The first-order valence-electron chi connectivity index (χ1n) is 33.6. The number of ether oxygens (including phenoxy) is 5. The Morgan fingerprint density at radius 1 is 0.407 bits per heavy atom. The van der Waals surface area contributed by atoms with Crippen molar-refractivity contribution in [3.05, 3.63) is 48.6 Å². The van der Waals surface area contributed by atoms with Crippen molar-refractivity contribution in [2.24, 2.45) is 0 Å². The van der Waals surface area contributed by atoms with Gasteiger partial charge in [0.2, 0.25) is 0 Å². The Hall–Kier alpha value is -3.32. The molecule has 0 saturated carbocycles. The molecule has 1 fully saturated rings. The molecule has 12 heteroatoms. The van der Waals surface area contributed by atoms with Crippen molar-refractivity contribution in [1.29, 1.82) is 0 Å². The van der Waals surface area contributed by atoms with E-state index in [4.69, 9.17) is 23.7 Å². The zero-order chi connectivity index (χ0) is 58.9. The zero-order valence-electron chi connectivity index (χ0n) is 52.0. The number of hydrogen-bond acceptors (Lipinski definition) is 11. The van der Waals surface area contributed by atoms with Crippen LogP contribution in [0.25, 0.3) is 0 Å². The lowest BCUT2D eigenvalue weighted by Crippen LogP contribution is -2.61. The highest BCUT2D eigenvalue weighted by molar-refractivity contribution is 5.74. The molecule has 470 valence electrons. The molecule has 1 heterocycles. The molecule has 0 aromatic rings. The standard InChI is InChI=1S/C69H122O12/c1-4-7-10-13-16-19-22-25-27-29-31-33-35-38-40-43-46-49-52-55-61(70)77-58-60(79-62(71)56-53-50-47-44-42-39-36-34-32-30-28-26-23-20-17-14-11-8-5-2)59-78-69-67(65(74)64(73)66(81-69)68(75)76)80-63(72)57-54-51-48-45-41-37-24-21-18-15-12-9-6-3/h16,19,21,24-25,27,31,33,60,64-67,69,73-74H,4-15,17-18,20,22-23,26,28-30,32,34-59H2,1-3H3,(H,75,76)/b19-16-,24-21-,27-25-,33-31-. The Balaban J connectivity index is 2.64. The number of carbonyl (C=O) groups excluding carboxylic acids is 3. The molecular weight excluding hydrogens is 1020 g/mol. The van der Waals surface area contributed by atoms with Crippen LogP contribution in [0.1, 0.15) is 316 Å². The van der Waals surface area contributed by atoms with E-state index in [1.165, 1.54) is 148 Å². The van der Waals surface area contributed by atoms with E-state index in [-0.39, 0.29) is 25.9 Å². The summed E-state index contributed by atoms with van der Waals surface area (Å²) in [7, 11) is 0. The predicted octanol–water partition coefficient (Wildman–Crippen LogP) is 18.1. The Labute approximate surface area is 494 Å². The van der Waals surface area contributed by atoms with Crippen LogP contribution >= 0.6 is 0 Å². The second-order valence-electron chi connectivity index (χ2n) is 23.1. The molecule has 1 saturated heterocycles. The van der Waals surface area contributed by atoms with E-state index in [9.17, 15) is 34.5 Å². The summed E-state index contributed by atoms with van der Waals surface area (Å²) in [5.74, 6) is -3.12. The highest BCUT2D eigenvalue weighted by atomic mass is 16.7. The highest BCUT2D eigenvalue weighted by Crippen LogP contribution is 2.27. The molecule has 1 rings (SSSR count). The van der Waals surface area contributed by atoms with Gasteiger partial charge in [0, 0.05) is 19.3 Å². The minimum Gasteiger partial charge on any atom is -0.479 e. The first-order chi connectivity index (χ1) is 39.6. The lowest BCUT2D eigenvalue weighted by Gasteiger charge is -2.40. The monoisotopic (exact) mass is 1140 g/mol. The molecular formula is C69H122O12. The molecule has 0 amide bonds. The Kier molecular flexibility index (Phi) is 53.4. The van der Waals surface area contributed by atoms with Crippen LogP contribution in [0.4, 0.5) is 0 Å². The van der Waals surface area contributed by atoms with E-state index >= 15 is 0 Å². The van der Waals surface area contributed by atoms with Gasteiger partial charge in [-0.05, 0) is 83.5 Å². The van der Waals surface area contributed by atoms with Gasteiger partial charge in [0.15, 0.2) is 24.6 Å². The minimum absolute atomic E-state index is 0.0512. The molecule has 6 unspecified atom stereocenters. The Bertz CT molecular complexity index is 1590. The van der Waals surface area contributed by atoms with E-state index in [1.807, 2.05) is 0 Å². The molecule has 0 bridgehead atoms. The maximum Gasteiger partial charge on any atom is 0.335 e. The van der Waals surface area contributed by atoms with Crippen LogP contribution in [0, 0.1) is 0 Å². The van der Waals surface area contributed by atoms with Crippen molar-refractivity contribution in [2.45, 2.75) is 353 Å². The molecule has 0 aromatic heterocycles. The van der Waals surface area contributed by atoms with E-state index in [0.717, 1.165) is 109 Å². The topological polar surface area (TPSA) is 175 Å². The maximum atomic E-state index is 13.2. The fraction of sp³-hybridized carbons (Fsp3) is 0.826. The van der Waals surface area contributed by atoms with Crippen LogP contribution in [0.15, 0.2) is 48.6 Å². The van der Waals surface area contributed by atoms with Crippen LogP contribution in [0.5, 0.6) is 0 Å². The molecule has 1 aliphatic heterocycles. The van der Waals surface area contributed by atoms with E-state index in [1.54, 1.807) is 0 Å². The predicted molar refractivity (Wildman–Crippen MR) is 331 cm³/mol. The zero-order valence-corrected chi connectivity index (χ0v) is 52.0. The number of aliphatic hydroxyl groups excluding tert-OH is 2. The van der Waals surface area contributed by atoms with E-state index in [0.29, 0.717) is 19.3 Å². The van der Waals surface area contributed by atoms with Crippen molar-refractivity contribution in [1.82, 2.24) is 0 Å². The van der Waals surface area contributed by atoms with Gasteiger partial charge in [-0.25, -0.2) is 4.79 Å². The van der Waals surface area contributed by atoms with Gasteiger partial charge in [-0.1, -0.05) is 262 Å². The number of esters is 3. The summed E-state index contributed by atoms with van der Waals surface area (Å²) in [6.07, 6.45) is 57.8. The number of carboxylic acid groups (broad SMARTS) is 1. The van der Waals surface area contributed by atoms with Crippen LogP contribution in [-0.2, 0) is 42.9 Å². The highest BCUT2D eigenvalue weighted by Gasteiger charge is 2.50. The largest absolute Gasteiger partial charge is 0.479 e. The van der Waals surface area contributed by atoms with Crippen molar-refractivity contribution < 1.29 is 58.2 Å². The first kappa shape index (κ1) is 75.7. The third-order valence-electron chi connectivity index (χ3n) is 15.4. The number of rotatable bonds is 58. The van der Waals surface area contributed by atoms with Gasteiger partial charge in [-0.3, -0.25) is 14.4 Å². The number of carbonyl (C=O) groups is 4. The van der Waals surface area contributed by atoms with Crippen molar-refractivity contribution >= 4 is 23.9 Å². The van der Waals surface area contributed by atoms with Crippen LogP contribution in [-0.4, -0.2) is 89.2 Å². The SMILES string of the molecule is CCCCC/C=C\C/C=C\C/C=C\CCCCCCCCC(=O)OCC(COC1OC(C(=O)O)C(O)C(O)C1OC(=O)CCCCCCC/C=C\CCCCCC)OC(=O)CCCCCCCCCCCCCCCCCCCCC. The van der Waals surface area contributed by atoms with Gasteiger partial charge in [-0.2, -0.15) is 0 Å². The number of aliphatic hydroxyl groups is 2. The third kappa shape index (κ3) is 46.7. The Morgan fingerprint density at radius 3 is 1.17 bits per heavy atom.